The number of methoxy groups -OCH3 is 1. The number of hydrogen-bond donors (Lipinski definition) is 1. The Balaban J connectivity index is 2.74. The predicted molar refractivity (Wildman–Crippen MR) is 80.5 cm³/mol. The minimum Gasteiger partial charge on any atom is -0.497 e. The minimum atomic E-state index is -1.02. The van der Waals surface area contributed by atoms with Gasteiger partial charge in [-0.2, -0.15) is 0 Å². The molecule has 1 aromatic rings. The minimum absolute atomic E-state index is 0.375. The van der Waals surface area contributed by atoms with Gasteiger partial charge in [-0.25, -0.2) is 4.79 Å². The first kappa shape index (κ1) is 17.0. The normalized spacial score (nSPS) is 14.0. The average molecular weight is 293 g/mol. The summed E-state index contributed by atoms with van der Waals surface area (Å²) in [7, 11) is 1.59. The third kappa shape index (κ3) is 5.85. The Morgan fingerprint density at radius 2 is 1.76 bits per heavy atom. The SMILES string of the molecule is COc1ccc(CC(C)(C=O)NC(=O)OC(C)(C)C)cc1. The van der Waals surface area contributed by atoms with Gasteiger partial charge in [0, 0.05) is 6.42 Å². The summed E-state index contributed by atoms with van der Waals surface area (Å²) in [5, 5.41) is 2.62. The van der Waals surface area contributed by atoms with Crippen molar-refractivity contribution in [1.82, 2.24) is 5.32 Å². The predicted octanol–water partition coefficient (Wildman–Crippen LogP) is 2.72. The molecule has 0 spiro atoms. The van der Waals surface area contributed by atoms with Crippen molar-refractivity contribution in [2.24, 2.45) is 0 Å². The molecule has 0 bridgehead atoms. The van der Waals surface area contributed by atoms with Crippen LogP contribution in [-0.4, -0.2) is 30.6 Å². The summed E-state index contributed by atoms with van der Waals surface area (Å²) in [5.74, 6) is 0.742. The third-order valence-corrected chi connectivity index (χ3v) is 2.78. The smallest absolute Gasteiger partial charge is 0.408 e. The summed E-state index contributed by atoms with van der Waals surface area (Å²) in [6.45, 7) is 6.98. The van der Waals surface area contributed by atoms with Gasteiger partial charge in [-0.1, -0.05) is 12.1 Å². The highest BCUT2D eigenvalue weighted by atomic mass is 16.6. The van der Waals surface area contributed by atoms with Gasteiger partial charge in [0.1, 0.15) is 17.6 Å². The molecule has 0 saturated carbocycles. The van der Waals surface area contributed by atoms with Crippen molar-refractivity contribution < 1.29 is 19.1 Å². The Bertz CT molecular complexity index is 490. The molecule has 0 aliphatic heterocycles. The number of ether oxygens (including phenoxy) is 2. The highest BCUT2D eigenvalue weighted by molar-refractivity contribution is 5.76. The zero-order chi connectivity index (χ0) is 16.1. The van der Waals surface area contributed by atoms with Crippen LogP contribution in [0.15, 0.2) is 24.3 Å². The van der Waals surface area contributed by atoms with Crippen LogP contribution in [-0.2, 0) is 16.0 Å². The Hall–Kier alpha value is -2.04. The van der Waals surface area contributed by atoms with Gasteiger partial charge in [0.05, 0.1) is 12.6 Å². The van der Waals surface area contributed by atoms with Crippen LogP contribution in [0, 0.1) is 0 Å². The quantitative estimate of drug-likeness (QED) is 0.848. The van der Waals surface area contributed by atoms with Crippen molar-refractivity contribution in [3.63, 3.8) is 0 Å². The number of hydrogen-bond acceptors (Lipinski definition) is 4. The molecule has 116 valence electrons. The van der Waals surface area contributed by atoms with Crippen LogP contribution in [0.1, 0.15) is 33.3 Å². The van der Waals surface area contributed by atoms with E-state index in [4.69, 9.17) is 9.47 Å². The number of amides is 1. The summed E-state index contributed by atoms with van der Waals surface area (Å²) in [6, 6.07) is 7.34. The fraction of sp³-hybridized carbons (Fsp3) is 0.500. The number of aldehydes is 1. The van der Waals surface area contributed by atoms with Crippen LogP contribution in [0.5, 0.6) is 5.75 Å². The summed E-state index contributed by atoms with van der Waals surface area (Å²) >= 11 is 0. The summed E-state index contributed by atoms with van der Waals surface area (Å²) < 4.78 is 10.3. The molecule has 1 rings (SSSR count). The lowest BCUT2D eigenvalue weighted by Crippen LogP contribution is -2.50. The van der Waals surface area contributed by atoms with Crippen LogP contribution < -0.4 is 10.1 Å². The first-order chi connectivity index (χ1) is 9.67. The number of carbonyl (C=O) groups is 2. The molecule has 21 heavy (non-hydrogen) atoms. The van der Waals surface area contributed by atoms with E-state index in [0.29, 0.717) is 6.42 Å². The van der Waals surface area contributed by atoms with E-state index < -0.39 is 17.2 Å². The number of rotatable bonds is 5. The second-order valence-corrected chi connectivity index (χ2v) is 6.19. The van der Waals surface area contributed by atoms with Gasteiger partial charge in [-0.05, 0) is 45.4 Å². The van der Waals surface area contributed by atoms with Crippen LogP contribution in [0.3, 0.4) is 0 Å². The molecule has 1 aromatic carbocycles. The molecule has 0 aliphatic rings. The van der Waals surface area contributed by atoms with Crippen molar-refractivity contribution in [1.29, 1.82) is 0 Å². The molecule has 1 unspecified atom stereocenters. The Labute approximate surface area is 125 Å². The summed E-state index contributed by atoms with van der Waals surface area (Å²) in [5.41, 5.74) is -0.702. The van der Waals surface area contributed by atoms with Gasteiger partial charge in [-0.3, -0.25) is 0 Å². The van der Waals surface area contributed by atoms with Gasteiger partial charge >= 0.3 is 6.09 Å². The van der Waals surface area contributed by atoms with Gasteiger partial charge in [-0.15, -0.1) is 0 Å². The van der Waals surface area contributed by atoms with Crippen LogP contribution in [0.2, 0.25) is 0 Å². The van der Waals surface area contributed by atoms with E-state index in [2.05, 4.69) is 5.32 Å². The maximum absolute atomic E-state index is 11.8. The van der Waals surface area contributed by atoms with Gasteiger partial charge in [0.2, 0.25) is 0 Å². The van der Waals surface area contributed by atoms with Crippen molar-refractivity contribution >= 4 is 12.4 Å². The fourth-order valence-corrected chi connectivity index (χ4v) is 1.82. The fourth-order valence-electron chi connectivity index (χ4n) is 1.82. The maximum Gasteiger partial charge on any atom is 0.408 e. The second-order valence-electron chi connectivity index (χ2n) is 6.19. The Morgan fingerprint density at radius 3 is 2.19 bits per heavy atom. The average Bonchev–Trinajstić information content (AvgIpc) is 2.37. The van der Waals surface area contributed by atoms with Crippen LogP contribution >= 0.6 is 0 Å². The lowest BCUT2D eigenvalue weighted by atomic mass is 9.94. The molecular formula is C16H23NO4. The van der Waals surface area contributed by atoms with Crippen molar-refractivity contribution in [3.05, 3.63) is 29.8 Å². The Morgan fingerprint density at radius 1 is 1.19 bits per heavy atom. The molecule has 1 N–H and O–H groups in total. The lowest BCUT2D eigenvalue weighted by molar-refractivity contribution is -0.112. The molecule has 0 fully saturated rings. The second kappa shape index (κ2) is 6.61. The van der Waals surface area contributed by atoms with E-state index in [0.717, 1.165) is 17.6 Å². The zero-order valence-electron chi connectivity index (χ0n) is 13.2. The molecule has 5 heteroatoms. The van der Waals surface area contributed by atoms with E-state index in [1.807, 2.05) is 24.3 Å². The number of carbonyl (C=O) groups excluding carboxylic acids is 2. The number of nitrogens with one attached hydrogen (secondary N) is 1. The van der Waals surface area contributed by atoms with Crippen molar-refractivity contribution in [3.8, 4) is 5.75 Å². The molecule has 1 amide bonds. The van der Waals surface area contributed by atoms with Gasteiger partial charge in [0.25, 0.3) is 0 Å². The van der Waals surface area contributed by atoms with E-state index in [-0.39, 0.29) is 0 Å². The monoisotopic (exact) mass is 293 g/mol. The highest BCUT2D eigenvalue weighted by Gasteiger charge is 2.28. The largest absolute Gasteiger partial charge is 0.497 e. The summed E-state index contributed by atoms with van der Waals surface area (Å²) in [4.78, 5) is 23.2. The lowest BCUT2D eigenvalue weighted by Gasteiger charge is -2.27. The summed E-state index contributed by atoms with van der Waals surface area (Å²) in [6.07, 6.45) is 0.492. The van der Waals surface area contributed by atoms with Crippen molar-refractivity contribution in [2.75, 3.05) is 7.11 Å². The maximum atomic E-state index is 11.8. The van der Waals surface area contributed by atoms with E-state index in [1.165, 1.54) is 0 Å². The third-order valence-electron chi connectivity index (χ3n) is 2.78. The van der Waals surface area contributed by atoms with Crippen LogP contribution in [0.4, 0.5) is 4.79 Å². The van der Waals surface area contributed by atoms with E-state index >= 15 is 0 Å². The van der Waals surface area contributed by atoms with Crippen LogP contribution in [0.25, 0.3) is 0 Å². The molecule has 0 radical (unpaired) electrons. The van der Waals surface area contributed by atoms with Crippen molar-refractivity contribution in [2.45, 2.75) is 45.3 Å². The zero-order valence-corrected chi connectivity index (χ0v) is 13.2. The Kier molecular flexibility index (Phi) is 5.35. The topological polar surface area (TPSA) is 64.6 Å². The van der Waals surface area contributed by atoms with Gasteiger partial charge in [0.15, 0.2) is 0 Å². The first-order valence-corrected chi connectivity index (χ1v) is 6.78. The molecular weight excluding hydrogens is 270 g/mol. The van der Waals surface area contributed by atoms with E-state index in [9.17, 15) is 9.59 Å². The first-order valence-electron chi connectivity index (χ1n) is 6.78. The van der Waals surface area contributed by atoms with Gasteiger partial charge < -0.3 is 19.6 Å². The highest BCUT2D eigenvalue weighted by Crippen LogP contribution is 2.17. The molecule has 1 atom stereocenters. The number of benzene rings is 1. The number of alkyl carbamates (subject to hydrolysis) is 1. The standard InChI is InChI=1S/C16H23NO4/c1-15(2,3)21-14(19)17-16(4,11-18)10-12-6-8-13(20-5)9-7-12/h6-9,11H,10H2,1-5H3,(H,17,19). The molecule has 5 nitrogen and oxygen atoms in total. The molecule has 0 aromatic heterocycles. The molecule has 0 saturated heterocycles. The molecule has 0 heterocycles. The molecule has 0 aliphatic carbocycles. The van der Waals surface area contributed by atoms with E-state index in [1.54, 1.807) is 34.8 Å².